The molecular weight excluding hydrogens is 334 g/mol. The van der Waals surface area contributed by atoms with Crippen LogP contribution in [0.3, 0.4) is 0 Å². The van der Waals surface area contributed by atoms with Crippen LogP contribution in [0, 0.1) is 0 Å². The summed E-state index contributed by atoms with van der Waals surface area (Å²) in [5.41, 5.74) is 2.57. The van der Waals surface area contributed by atoms with Crippen LogP contribution >= 0.6 is 0 Å². The number of hydrogen-bond acceptors (Lipinski definition) is 5. The number of anilines is 1. The molecule has 3 rings (SSSR count). The van der Waals surface area contributed by atoms with Crippen molar-refractivity contribution in [1.29, 1.82) is 0 Å². The molecule has 6 nitrogen and oxygen atoms in total. The Morgan fingerprint density at radius 1 is 0.962 bits per heavy atom. The Morgan fingerprint density at radius 3 is 2.23 bits per heavy atom. The van der Waals surface area contributed by atoms with Crippen LogP contribution in [0.4, 0.5) is 5.69 Å². The number of esters is 2. The maximum absolute atomic E-state index is 12.6. The maximum atomic E-state index is 12.6. The van der Waals surface area contributed by atoms with Crippen molar-refractivity contribution in [3.05, 3.63) is 65.2 Å². The summed E-state index contributed by atoms with van der Waals surface area (Å²) < 4.78 is 9.92. The highest BCUT2D eigenvalue weighted by Gasteiger charge is 2.29. The first-order valence-corrected chi connectivity index (χ1v) is 8.30. The van der Waals surface area contributed by atoms with Gasteiger partial charge in [0.1, 0.15) is 0 Å². The number of methoxy groups -OCH3 is 1. The summed E-state index contributed by atoms with van der Waals surface area (Å²) >= 11 is 0. The third-order valence-electron chi connectivity index (χ3n) is 4.33. The van der Waals surface area contributed by atoms with E-state index in [9.17, 15) is 14.4 Å². The zero-order valence-corrected chi connectivity index (χ0v) is 14.6. The first-order chi connectivity index (χ1) is 12.5. The van der Waals surface area contributed by atoms with E-state index in [-0.39, 0.29) is 11.5 Å². The van der Waals surface area contributed by atoms with Crippen molar-refractivity contribution in [2.45, 2.75) is 19.4 Å². The van der Waals surface area contributed by atoms with Gasteiger partial charge in [0.25, 0.3) is 5.91 Å². The lowest BCUT2D eigenvalue weighted by Crippen LogP contribution is -2.39. The lowest BCUT2D eigenvalue weighted by atomic mass is 10.1. The van der Waals surface area contributed by atoms with Crippen molar-refractivity contribution in [2.75, 3.05) is 18.6 Å². The molecule has 1 aliphatic heterocycles. The Morgan fingerprint density at radius 2 is 1.58 bits per heavy atom. The van der Waals surface area contributed by atoms with E-state index < -0.39 is 18.0 Å². The fourth-order valence-corrected chi connectivity index (χ4v) is 2.93. The minimum absolute atomic E-state index is 0.255. The van der Waals surface area contributed by atoms with Gasteiger partial charge < -0.3 is 14.4 Å². The molecule has 2 aromatic rings. The highest BCUT2D eigenvalue weighted by molar-refractivity contribution is 6.00. The number of benzene rings is 2. The molecule has 1 atom stereocenters. The molecule has 6 heteroatoms. The third-order valence-corrected chi connectivity index (χ3v) is 4.33. The minimum atomic E-state index is -0.908. The topological polar surface area (TPSA) is 72.9 Å². The normalized spacial score (nSPS) is 13.7. The third kappa shape index (κ3) is 3.44. The molecule has 0 bridgehead atoms. The van der Waals surface area contributed by atoms with Crippen LogP contribution in [0.15, 0.2) is 48.5 Å². The molecule has 0 aromatic heterocycles. The molecular formula is C20H19NO5. The quantitative estimate of drug-likeness (QED) is 0.790. The fraction of sp³-hybridized carbons (Fsp3) is 0.250. The molecule has 0 saturated heterocycles. The number of hydrogen-bond donors (Lipinski definition) is 0. The van der Waals surface area contributed by atoms with Crippen LogP contribution in [-0.2, 0) is 20.7 Å². The molecule has 2 aromatic carbocycles. The number of carbonyl (C=O) groups is 3. The SMILES string of the molecule is COC(=O)c1ccc(C(=O)O[C@@H](C)C(=O)N2CCc3ccccc32)cc1. The van der Waals surface area contributed by atoms with Gasteiger partial charge in [0, 0.05) is 12.2 Å². The van der Waals surface area contributed by atoms with Crippen LogP contribution in [0.5, 0.6) is 0 Å². The lowest BCUT2D eigenvalue weighted by molar-refractivity contribution is -0.126. The van der Waals surface area contributed by atoms with Crippen molar-refractivity contribution >= 4 is 23.5 Å². The number of ether oxygens (including phenoxy) is 2. The Labute approximate surface area is 151 Å². The second kappa shape index (κ2) is 7.39. The molecule has 0 fully saturated rings. The van der Waals surface area contributed by atoms with Crippen LogP contribution in [0.25, 0.3) is 0 Å². The van der Waals surface area contributed by atoms with E-state index in [4.69, 9.17) is 4.74 Å². The zero-order valence-electron chi connectivity index (χ0n) is 14.6. The lowest BCUT2D eigenvalue weighted by Gasteiger charge is -2.21. The van der Waals surface area contributed by atoms with E-state index in [2.05, 4.69) is 4.74 Å². The van der Waals surface area contributed by atoms with E-state index in [1.54, 1.807) is 11.8 Å². The van der Waals surface area contributed by atoms with Gasteiger partial charge in [-0.3, -0.25) is 4.79 Å². The highest BCUT2D eigenvalue weighted by Crippen LogP contribution is 2.28. The standard InChI is InChI=1S/C20H19NO5/c1-13(18(22)21-12-11-14-5-3-4-6-17(14)21)26-20(24)16-9-7-15(8-10-16)19(23)25-2/h3-10,13H,11-12H2,1-2H3/t13-/m0/s1. The summed E-state index contributed by atoms with van der Waals surface area (Å²) in [7, 11) is 1.29. The Bertz CT molecular complexity index is 844. The van der Waals surface area contributed by atoms with Crippen molar-refractivity contribution in [1.82, 2.24) is 0 Å². The molecule has 0 aliphatic carbocycles. The fourth-order valence-electron chi connectivity index (χ4n) is 2.93. The Kier molecular flexibility index (Phi) is 5.02. The molecule has 1 aliphatic rings. The largest absolute Gasteiger partial charge is 0.465 e. The summed E-state index contributed by atoms with van der Waals surface area (Å²) in [4.78, 5) is 38.0. The summed E-state index contributed by atoms with van der Waals surface area (Å²) in [6.07, 6.45) is -0.119. The molecule has 1 amide bonds. The number of fused-ring (bicyclic) bond motifs is 1. The summed E-state index contributed by atoms with van der Waals surface area (Å²) in [5.74, 6) is -1.36. The van der Waals surface area contributed by atoms with Crippen LogP contribution in [0.2, 0.25) is 0 Å². The van der Waals surface area contributed by atoms with Gasteiger partial charge in [0.15, 0.2) is 6.10 Å². The highest BCUT2D eigenvalue weighted by atomic mass is 16.5. The van der Waals surface area contributed by atoms with Crippen LogP contribution in [0.1, 0.15) is 33.2 Å². The molecule has 26 heavy (non-hydrogen) atoms. The monoisotopic (exact) mass is 353 g/mol. The smallest absolute Gasteiger partial charge is 0.338 e. The van der Waals surface area contributed by atoms with Gasteiger partial charge in [-0.15, -0.1) is 0 Å². The van der Waals surface area contributed by atoms with E-state index in [0.29, 0.717) is 12.1 Å². The van der Waals surface area contributed by atoms with E-state index in [1.807, 2.05) is 24.3 Å². The number of nitrogens with zero attached hydrogens (tertiary/aromatic N) is 1. The first-order valence-electron chi connectivity index (χ1n) is 8.30. The molecule has 1 heterocycles. The predicted octanol–water partition coefficient (Wildman–Crippen LogP) is 2.61. The summed E-state index contributed by atoms with van der Waals surface area (Å²) in [5, 5.41) is 0. The number of rotatable bonds is 4. The zero-order chi connectivity index (χ0) is 18.7. The van der Waals surface area contributed by atoms with Crippen molar-refractivity contribution < 1.29 is 23.9 Å². The van der Waals surface area contributed by atoms with Gasteiger partial charge in [-0.2, -0.15) is 0 Å². The number of carbonyl (C=O) groups excluding carboxylic acids is 3. The molecule has 0 spiro atoms. The molecule has 0 radical (unpaired) electrons. The molecule has 134 valence electrons. The molecule has 0 saturated carbocycles. The molecule has 0 unspecified atom stereocenters. The van der Waals surface area contributed by atoms with E-state index >= 15 is 0 Å². The minimum Gasteiger partial charge on any atom is -0.465 e. The van der Waals surface area contributed by atoms with Gasteiger partial charge >= 0.3 is 11.9 Å². The van der Waals surface area contributed by atoms with Crippen molar-refractivity contribution in [3.8, 4) is 0 Å². The number of amides is 1. The maximum Gasteiger partial charge on any atom is 0.338 e. The second-order valence-corrected chi connectivity index (χ2v) is 5.99. The summed E-state index contributed by atoms with van der Waals surface area (Å²) in [6, 6.07) is 13.6. The number of para-hydroxylation sites is 1. The van der Waals surface area contributed by atoms with Crippen molar-refractivity contribution in [2.24, 2.45) is 0 Å². The van der Waals surface area contributed by atoms with Gasteiger partial charge in [-0.25, -0.2) is 9.59 Å². The van der Waals surface area contributed by atoms with Crippen molar-refractivity contribution in [3.63, 3.8) is 0 Å². The Balaban J connectivity index is 1.66. The average Bonchev–Trinajstić information content (AvgIpc) is 3.10. The average molecular weight is 353 g/mol. The second-order valence-electron chi connectivity index (χ2n) is 5.99. The van der Waals surface area contributed by atoms with E-state index in [1.165, 1.54) is 31.4 Å². The van der Waals surface area contributed by atoms with Gasteiger partial charge in [-0.05, 0) is 49.2 Å². The Hall–Kier alpha value is -3.15. The van der Waals surface area contributed by atoms with Gasteiger partial charge in [0.2, 0.25) is 0 Å². The van der Waals surface area contributed by atoms with Gasteiger partial charge in [-0.1, -0.05) is 18.2 Å². The van der Waals surface area contributed by atoms with E-state index in [0.717, 1.165) is 17.7 Å². The van der Waals surface area contributed by atoms with Crippen LogP contribution in [-0.4, -0.2) is 37.6 Å². The first kappa shape index (κ1) is 17.7. The molecule has 0 N–H and O–H groups in total. The van der Waals surface area contributed by atoms with Crippen LogP contribution < -0.4 is 4.90 Å². The predicted molar refractivity (Wildman–Crippen MR) is 95.2 cm³/mol. The van der Waals surface area contributed by atoms with Gasteiger partial charge in [0.05, 0.1) is 18.2 Å². The summed E-state index contributed by atoms with van der Waals surface area (Å²) in [6.45, 7) is 2.14.